The van der Waals surface area contributed by atoms with E-state index in [9.17, 15) is 18.9 Å². The van der Waals surface area contributed by atoms with E-state index >= 15 is 0 Å². The number of benzene rings is 2. The minimum Gasteiger partial charge on any atom is -0.462 e. The van der Waals surface area contributed by atoms with Gasteiger partial charge < -0.3 is 19.5 Å². The van der Waals surface area contributed by atoms with Gasteiger partial charge in [0.25, 0.3) is 0 Å². The van der Waals surface area contributed by atoms with Gasteiger partial charge in [-0.05, 0) is 29.9 Å². The fourth-order valence-corrected chi connectivity index (χ4v) is 9.09. The van der Waals surface area contributed by atoms with E-state index in [4.69, 9.17) is 27.8 Å². The fourth-order valence-electron chi connectivity index (χ4n) is 7.89. The molecule has 382 valence electrons. The summed E-state index contributed by atoms with van der Waals surface area (Å²) in [5.74, 6) is -0.0324. The van der Waals surface area contributed by atoms with Crippen LogP contribution in [-0.4, -0.2) is 50.5 Å². The summed E-state index contributed by atoms with van der Waals surface area (Å²) in [6, 6.07) is 18.4. The molecule has 0 spiro atoms. The highest BCUT2D eigenvalue weighted by atomic mass is 31.2. The molecule has 67 heavy (non-hydrogen) atoms. The van der Waals surface area contributed by atoms with Gasteiger partial charge in [0.15, 0.2) is 6.10 Å². The third-order valence-corrected chi connectivity index (χ3v) is 13.5. The van der Waals surface area contributed by atoms with E-state index in [1.807, 2.05) is 60.7 Å². The van der Waals surface area contributed by atoms with Crippen LogP contribution in [0.1, 0.15) is 218 Å². The third kappa shape index (κ3) is 35.5. The van der Waals surface area contributed by atoms with E-state index < -0.39 is 32.6 Å². The predicted octanol–water partition coefficient (Wildman–Crippen LogP) is 15.7. The highest BCUT2D eigenvalue weighted by Crippen LogP contribution is 2.50. The van der Waals surface area contributed by atoms with E-state index in [0.717, 1.165) is 62.0 Å². The number of carbonyl (C=O) groups excluding carboxylic acids is 3. The van der Waals surface area contributed by atoms with Crippen LogP contribution in [0.3, 0.4) is 0 Å². The van der Waals surface area contributed by atoms with Crippen LogP contribution >= 0.6 is 7.82 Å². The lowest BCUT2D eigenvalue weighted by molar-refractivity contribution is -0.161. The number of rotatable bonds is 45. The summed E-state index contributed by atoms with van der Waals surface area (Å²) >= 11 is 0. The molecule has 0 aliphatic rings. The average molecular weight is 958 g/mol. The standard InChI is InChI=1S/C55H92NO10P/c1-4-6-8-10-12-13-14-15-16-17-18-24-34-42-54(58)66-52(47-61-53(57)41-33-23-20-19-22-28-36-49(3)35-27-21-11-9-7-5-2)48-65-67(60,64-46-51-39-31-26-32-40-51)63-44-43-56-55(59)62-45-50-37-29-25-30-38-50/h25-26,29-32,37-40,49,52H,4-24,27-28,33-36,41-48H2,1-3H3,(H,56,59)/t49-,52-,67?/m1/s1. The van der Waals surface area contributed by atoms with Crippen LogP contribution in [0.4, 0.5) is 4.79 Å². The summed E-state index contributed by atoms with van der Waals surface area (Å²) < 4.78 is 47.8. The van der Waals surface area contributed by atoms with Crippen LogP contribution in [0.25, 0.3) is 0 Å². The number of alkyl carbamates (subject to hydrolysis) is 1. The summed E-state index contributed by atoms with van der Waals surface area (Å²) in [6.07, 6.45) is 31.5. The van der Waals surface area contributed by atoms with Gasteiger partial charge in [0, 0.05) is 19.4 Å². The van der Waals surface area contributed by atoms with Crippen molar-refractivity contribution in [2.75, 3.05) is 26.4 Å². The molecule has 0 saturated heterocycles. The quantitative estimate of drug-likeness (QED) is 0.0296. The minimum absolute atomic E-state index is 0.0384. The number of nitrogens with one attached hydrogen (secondary N) is 1. The molecule has 11 nitrogen and oxygen atoms in total. The number of unbranched alkanes of at least 4 members (excludes halogenated alkanes) is 22. The number of carbonyl (C=O) groups is 3. The Hall–Kier alpha value is -3.24. The van der Waals surface area contributed by atoms with E-state index in [2.05, 4.69) is 26.1 Å². The van der Waals surface area contributed by atoms with Gasteiger partial charge in [-0.15, -0.1) is 0 Å². The summed E-state index contributed by atoms with van der Waals surface area (Å²) in [4.78, 5) is 38.3. The van der Waals surface area contributed by atoms with Crippen LogP contribution in [0.5, 0.6) is 0 Å². The highest BCUT2D eigenvalue weighted by molar-refractivity contribution is 7.48. The zero-order valence-electron chi connectivity index (χ0n) is 42.2. The van der Waals surface area contributed by atoms with Gasteiger partial charge >= 0.3 is 25.9 Å². The first-order valence-electron chi connectivity index (χ1n) is 26.6. The Bertz CT molecular complexity index is 1530. The molecule has 0 fully saturated rings. The van der Waals surface area contributed by atoms with Gasteiger partial charge in [0.2, 0.25) is 0 Å². The first-order chi connectivity index (χ1) is 32.7. The fraction of sp³-hybridized carbons (Fsp3) is 0.727. The number of amides is 1. The second kappa shape index (κ2) is 41.7. The van der Waals surface area contributed by atoms with Crippen LogP contribution in [0.15, 0.2) is 60.7 Å². The molecule has 3 atom stereocenters. The maximum absolute atomic E-state index is 14.0. The van der Waals surface area contributed by atoms with Crippen molar-refractivity contribution in [1.82, 2.24) is 5.32 Å². The molecule has 0 radical (unpaired) electrons. The molecule has 2 aromatic carbocycles. The lowest BCUT2D eigenvalue weighted by atomic mass is 9.96. The van der Waals surface area contributed by atoms with Crippen LogP contribution < -0.4 is 5.32 Å². The van der Waals surface area contributed by atoms with Gasteiger partial charge in [0.1, 0.15) is 13.2 Å². The van der Waals surface area contributed by atoms with Crippen LogP contribution in [0.2, 0.25) is 0 Å². The van der Waals surface area contributed by atoms with Crippen molar-refractivity contribution in [3.63, 3.8) is 0 Å². The number of hydrogen-bond donors (Lipinski definition) is 1. The first kappa shape index (κ1) is 59.9. The second-order valence-corrected chi connectivity index (χ2v) is 20.1. The van der Waals surface area contributed by atoms with Crippen molar-refractivity contribution >= 4 is 25.9 Å². The van der Waals surface area contributed by atoms with Crippen LogP contribution in [0, 0.1) is 5.92 Å². The van der Waals surface area contributed by atoms with Crippen molar-refractivity contribution < 1.29 is 46.7 Å². The number of esters is 2. The van der Waals surface area contributed by atoms with E-state index in [1.54, 1.807) is 0 Å². The molecule has 0 aliphatic carbocycles. The zero-order chi connectivity index (χ0) is 48.3. The minimum atomic E-state index is -4.28. The largest absolute Gasteiger partial charge is 0.475 e. The maximum Gasteiger partial charge on any atom is 0.475 e. The number of phosphoric acid groups is 1. The molecule has 0 aliphatic heterocycles. The third-order valence-electron chi connectivity index (χ3n) is 12.1. The lowest BCUT2D eigenvalue weighted by Crippen LogP contribution is -2.30. The predicted molar refractivity (Wildman–Crippen MR) is 271 cm³/mol. The van der Waals surface area contributed by atoms with Gasteiger partial charge in [-0.3, -0.25) is 23.2 Å². The Kier molecular flexibility index (Phi) is 37.3. The topological polar surface area (TPSA) is 136 Å². The normalized spacial score (nSPS) is 13.1. The molecular weight excluding hydrogens is 866 g/mol. The van der Waals surface area contributed by atoms with Gasteiger partial charge in [0.05, 0.1) is 19.8 Å². The molecule has 0 aromatic heterocycles. The molecular formula is C55H92NO10P. The Morgan fingerprint density at radius 1 is 0.507 bits per heavy atom. The van der Waals surface area contributed by atoms with Gasteiger partial charge in [-0.25, -0.2) is 9.36 Å². The molecule has 2 aromatic rings. The van der Waals surface area contributed by atoms with Crippen molar-refractivity contribution in [2.24, 2.45) is 5.92 Å². The Morgan fingerprint density at radius 2 is 0.955 bits per heavy atom. The Labute approximate surface area is 406 Å². The molecule has 12 heteroatoms. The molecule has 0 heterocycles. The second-order valence-electron chi connectivity index (χ2n) is 18.4. The monoisotopic (exact) mass is 958 g/mol. The highest BCUT2D eigenvalue weighted by Gasteiger charge is 2.30. The summed E-state index contributed by atoms with van der Waals surface area (Å²) in [7, 11) is -4.28. The van der Waals surface area contributed by atoms with Crippen molar-refractivity contribution in [3.05, 3.63) is 71.8 Å². The summed E-state index contributed by atoms with van der Waals surface area (Å²) in [6.45, 7) is 6.00. The van der Waals surface area contributed by atoms with Gasteiger partial charge in [-0.2, -0.15) is 0 Å². The number of ether oxygens (including phenoxy) is 3. The van der Waals surface area contributed by atoms with Crippen molar-refractivity contribution in [2.45, 2.75) is 226 Å². The Balaban J connectivity index is 1.85. The lowest BCUT2D eigenvalue weighted by Gasteiger charge is -2.22. The van der Waals surface area contributed by atoms with Crippen LogP contribution in [-0.2, 0) is 55.1 Å². The summed E-state index contributed by atoms with van der Waals surface area (Å²) in [5, 5.41) is 2.58. The SMILES string of the molecule is CCCCCCCCCCCCCCCC(=O)O[C@H](COC(=O)CCCCCCCC[C@H](C)CCCCCCCC)COP(=O)(OCCNC(=O)OCc1ccccc1)OCc1ccccc1. The zero-order valence-corrected chi connectivity index (χ0v) is 43.1. The Morgan fingerprint density at radius 3 is 1.46 bits per heavy atom. The maximum atomic E-state index is 14.0. The average Bonchev–Trinajstić information content (AvgIpc) is 3.34. The summed E-state index contributed by atoms with van der Waals surface area (Å²) in [5.41, 5.74) is 1.58. The van der Waals surface area contributed by atoms with E-state index in [0.29, 0.717) is 6.42 Å². The number of phosphoric ester groups is 1. The first-order valence-corrected chi connectivity index (χ1v) is 28.1. The molecule has 1 N–H and O–H groups in total. The molecule has 0 bridgehead atoms. The smallest absolute Gasteiger partial charge is 0.462 e. The van der Waals surface area contributed by atoms with E-state index in [1.165, 1.54) is 122 Å². The molecule has 1 amide bonds. The molecule has 0 saturated carbocycles. The van der Waals surface area contributed by atoms with Gasteiger partial charge in [-0.1, -0.05) is 242 Å². The van der Waals surface area contributed by atoms with Crippen molar-refractivity contribution in [1.29, 1.82) is 0 Å². The number of hydrogen-bond acceptors (Lipinski definition) is 10. The van der Waals surface area contributed by atoms with E-state index in [-0.39, 0.29) is 51.8 Å². The molecule has 2 rings (SSSR count). The van der Waals surface area contributed by atoms with Crippen molar-refractivity contribution in [3.8, 4) is 0 Å². The molecule has 1 unspecified atom stereocenters.